The van der Waals surface area contributed by atoms with Crippen LogP contribution in [0.15, 0.2) is 0 Å². The van der Waals surface area contributed by atoms with E-state index in [1.54, 1.807) is 0 Å². The Kier molecular flexibility index (Phi) is 4.59. The third kappa shape index (κ3) is 3.02. The van der Waals surface area contributed by atoms with Crippen molar-refractivity contribution in [3.63, 3.8) is 0 Å². The van der Waals surface area contributed by atoms with Gasteiger partial charge in [-0.2, -0.15) is 0 Å². The maximum atomic E-state index is 11.7. The molecular formula is C13H23NO4. The molecule has 0 aromatic heterocycles. The molecule has 2 aliphatic heterocycles. The largest absolute Gasteiger partial charge is 0.378 e. The molecule has 2 rings (SSSR count). The van der Waals surface area contributed by atoms with Crippen LogP contribution < -0.4 is 0 Å². The second-order valence-electron chi connectivity index (χ2n) is 4.99. The fourth-order valence-corrected chi connectivity index (χ4v) is 2.69. The summed E-state index contributed by atoms with van der Waals surface area (Å²) in [5.74, 6) is 0.0598. The fourth-order valence-electron chi connectivity index (χ4n) is 2.69. The van der Waals surface area contributed by atoms with Gasteiger partial charge in [-0.25, -0.2) is 0 Å². The highest BCUT2D eigenvalue weighted by atomic mass is 16.5. The van der Waals surface area contributed by atoms with Crippen molar-refractivity contribution in [1.82, 2.24) is 4.90 Å². The molecule has 1 spiro atoms. The first kappa shape index (κ1) is 13.8. The van der Waals surface area contributed by atoms with Gasteiger partial charge in [0.15, 0.2) is 0 Å². The summed E-state index contributed by atoms with van der Waals surface area (Å²) in [6, 6.07) is 0. The number of rotatable bonds is 5. The second-order valence-corrected chi connectivity index (χ2v) is 4.99. The molecule has 0 aromatic carbocycles. The summed E-state index contributed by atoms with van der Waals surface area (Å²) in [6.07, 6.45) is 2.15. The van der Waals surface area contributed by atoms with Gasteiger partial charge in [-0.3, -0.25) is 4.79 Å². The van der Waals surface area contributed by atoms with Gasteiger partial charge in [0.05, 0.1) is 19.2 Å². The van der Waals surface area contributed by atoms with Crippen LogP contribution in [0.1, 0.15) is 26.7 Å². The van der Waals surface area contributed by atoms with Crippen molar-refractivity contribution in [1.29, 1.82) is 0 Å². The normalized spacial score (nSPS) is 26.1. The van der Waals surface area contributed by atoms with E-state index in [1.807, 2.05) is 18.7 Å². The van der Waals surface area contributed by atoms with E-state index in [9.17, 15) is 4.79 Å². The third-order valence-electron chi connectivity index (χ3n) is 3.59. The summed E-state index contributed by atoms with van der Waals surface area (Å²) in [5, 5.41) is 0. The summed E-state index contributed by atoms with van der Waals surface area (Å²) in [7, 11) is 0. The van der Waals surface area contributed by atoms with Crippen molar-refractivity contribution in [3.05, 3.63) is 0 Å². The van der Waals surface area contributed by atoms with Crippen molar-refractivity contribution in [3.8, 4) is 0 Å². The molecule has 0 radical (unpaired) electrons. The minimum Gasteiger partial charge on any atom is -0.378 e. The van der Waals surface area contributed by atoms with Gasteiger partial charge in [-0.15, -0.1) is 0 Å². The van der Waals surface area contributed by atoms with Gasteiger partial charge in [-0.05, 0) is 20.3 Å². The molecule has 0 N–H and O–H groups in total. The van der Waals surface area contributed by atoms with Gasteiger partial charge in [0.25, 0.3) is 0 Å². The molecule has 5 nitrogen and oxygen atoms in total. The number of hydrogen-bond acceptors (Lipinski definition) is 4. The number of amides is 1. The first-order valence-corrected chi connectivity index (χ1v) is 6.80. The van der Waals surface area contributed by atoms with Crippen LogP contribution in [0.5, 0.6) is 0 Å². The predicted octanol–water partition coefficient (Wildman–Crippen LogP) is 0.819. The van der Waals surface area contributed by atoms with E-state index in [1.165, 1.54) is 0 Å². The van der Waals surface area contributed by atoms with Gasteiger partial charge >= 0.3 is 0 Å². The van der Waals surface area contributed by atoms with Crippen LogP contribution >= 0.6 is 0 Å². The van der Waals surface area contributed by atoms with Crippen LogP contribution in [-0.4, -0.2) is 62.0 Å². The lowest BCUT2D eigenvalue weighted by Crippen LogP contribution is -2.67. The maximum absolute atomic E-state index is 11.7. The second kappa shape index (κ2) is 5.99. The van der Waals surface area contributed by atoms with E-state index >= 15 is 0 Å². The molecule has 104 valence electrons. The average Bonchev–Trinajstić information content (AvgIpc) is 2.33. The van der Waals surface area contributed by atoms with Crippen molar-refractivity contribution < 1.29 is 19.0 Å². The molecular weight excluding hydrogens is 234 g/mol. The summed E-state index contributed by atoms with van der Waals surface area (Å²) in [4.78, 5) is 13.5. The summed E-state index contributed by atoms with van der Waals surface area (Å²) in [5.41, 5.74) is -0.153. The highest BCUT2D eigenvalue weighted by Gasteiger charge is 2.49. The monoisotopic (exact) mass is 257 g/mol. The van der Waals surface area contributed by atoms with Crippen LogP contribution in [0.3, 0.4) is 0 Å². The topological polar surface area (TPSA) is 48.0 Å². The number of nitrogens with zero attached hydrogens (tertiary/aromatic N) is 1. The lowest BCUT2D eigenvalue weighted by molar-refractivity contribution is -0.202. The average molecular weight is 257 g/mol. The first-order valence-electron chi connectivity index (χ1n) is 6.80. The summed E-state index contributed by atoms with van der Waals surface area (Å²) in [6.45, 7) is 7.51. The Morgan fingerprint density at radius 3 is 2.83 bits per heavy atom. The van der Waals surface area contributed by atoms with Gasteiger partial charge in [0.1, 0.15) is 12.2 Å². The molecule has 2 aliphatic rings. The molecule has 2 fully saturated rings. The number of hydrogen-bond donors (Lipinski definition) is 0. The van der Waals surface area contributed by atoms with E-state index in [0.29, 0.717) is 19.7 Å². The fraction of sp³-hybridized carbons (Fsp3) is 0.923. The Labute approximate surface area is 108 Å². The van der Waals surface area contributed by atoms with Gasteiger partial charge in [0.2, 0.25) is 5.91 Å². The number of ether oxygens (including phenoxy) is 3. The molecule has 2 saturated heterocycles. The molecule has 1 amide bonds. The quantitative estimate of drug-likeness (QED) is 0.731. The van der Waals surface area contributed by atoms with Crippen molar-refractivity contribution >= 4 is 5.91 Å². The lowest BCUT2D eigenvalue weighted by atomic mass is 9.84. The van der Waals surface area contributed by atoms with Crippen molar-refractivity contribution in [2.75, 3.05) is 39.5 Å². The van der Waals surface area contributed by atoms with Gasteiger partial charge < -0.3 is 19.1 Å². The minimum atomic E-state index is -0.153. The first-order chi connectivity index (χ1) is 8.69. The van der Waals surface area contributed by atoms with Crippen LogP contribution in [0.2, 0.25) is 0 Å². The van der Waals surface area contributed by atoms with E-state index in [0.717, 1.165) is 26.1 Å². The Morgan fingerprint density at radius 2 is 2.17 bits per heavy atom. The zero-order valence-corrected chi connectivity index (χ0v) is 11.3. The Balaban J connectivity index is 1.77. The highest BCUT2D eigenvalue weighted by Crippen LogP contribution is 2.35. The Bertz CT molecular complexity index is 287. The highest BCUT2D eigenvalue weighted by molar-refractivity contribution is 5.78. The molecule has 0 aliphatic carbocycles. The van der Waals surface area contributed by atoms with Crippen LogP contribution in [0.4, 0.5) is 0 Å². The molecule has 1 unspecified atom stereocenters. The van der Waals surface area contributed by atoms with Crippen LogP contribution in [-0.2, 0) is 19.0 Å². The number of likely N-dealkylation sites (tertiary alicyclic amines) is 1. The molecule has 0 saturated carbocycles. The molecule has 0 aromatic rings. The number of carbonyl (C=O) groups excluding carboxylic acids is 1. The third-order valence-corrected chi connectivity index (χ3v) is 3.59. The standard InChI is InChI=1S/C13H23NO4/c1-3-16-8-12(15)14-9-13(10-14)7-11(17-4-2)5-6-18-13/h11H,3-10H2,1-2H3. The SMILES string of the molecule is CCOCC(=O)N1CC2(CC(OCC)CCO2)C1. The minimum absolute atomic E-state index is 0.0598. The molecule has 1 atom stereocenters. The van der Waals surface area contributed by atoms with E-state index in [4.69, 9.17) is 14.2 Å². The summed E-state index contributed by atoms with van der Waals surface area (Å²) < 4.78 is 16.6. The van der Waals surface area contributed by atoms with E-state index in [2.05, 4.69) is 0 Å². The lowest BCUT2D eigenvalue weighted by Gasteiger charge is -2.52. The molecule has 0 bridgehead atoms. The Hall–Kier alpha value is -0.650. The maximum Gasteiger partial charge on any atom is 0.248 e. The van der Waals surface area contributed by atoms with Crippen LogP contribution in [0.25, 0.3) is 0 Å². The van der Waals surface area contributed by atoms with Crippen molar-refractivity contribution in [2.45, 2.75) is 38.4 Å². The molecule has 5 heteroatoms. The zero-order valence-electron chi connectivity index (χ0n) is 11.3. The molecule has 2 heterocycles. The zero-order chi connectivity index (χ0) is 13.0. The Morgan fingerprint density at radius 1 is 1.39 bits per heavy atom. The number of carbonyl (C=O) groups is 1. The summed E-state index contributed by atoms with van der Waals surface area (Å²) >= 11 is 0. The van der Waals surface area contributed by atoms with Crippen molar-refractivity contribution in [2.24, 2.45) is 0 Å². The van der Waals surface area contributed by atoms with Gasteiger partial charge in [-0.1, -0.05) is 0 Å². The molecule has 18 heavy (non-hydrogen) atoms. The van der Waals surface area contributed by atoms with E-state index < -0.39 is 0 Å². The van der Waals surface area contributed by atoms with Gasteiger partial charge in [0, 0.05) is 26.2 Å². The van der Waals surface area contributed by atoms with Crippen LogP contribution in [0, 0.1) is 0 Å². The smallest absolute Gasteiger partial charge is 0.248 e. The van der Waals surface area contributed by atoms with E-state index in [-0.39, 0.29) is 24.2 Å². The predicted molar refractivity (Wildman–Crippen MR) is 66.4 cm³/mol.